The number of aryl methyl sites for hydroxylation is 1. The number of carbonyl (C=O) groups is 1. The van der Waals surface area contributed by atoms with E-state index in [1.807, 2.05) is 19.1 Å². The number of ether oxygens (including phenoxy) is 1. The molecule has 96 valence electrons. The molecular weight excluding hydrogens is 230 g/mol. The maximum Gasteiger partial charge on any atom is 0.313 e. The van der Waals surface area contributed by atoms with Crippen molar-refractivity contribution >= 4 is 16.9 Å². The number of aromatic nitrogens is 1. The van der Waals surface area contributed by atoms with Gasteiger partial charge < -0.3 is 14.8 Å². The van der Waals surface area contributed by atoms with Crippen molar-refractivity contribution in [2.45, 2.75) is 26.2 Å². The Morgan fingerprint density at radius 3 is 2.61 bits per heavy atom. The van der Waals surface area contributed by atoms with E-state index in [1.165, 1.54) is 0 Å². The summed E-state index contributed by atoms with van der Waals surface area (Å²) in [7, 11) is 1.61. The molecule has 0 aliphatic rings. The summed E-state index contributed by atoms with van der Waals surface area (Å²) >= 11 is 0. The van der Waals surface area contributed by atoms with Crippen LogP contribution in [0.15, 0.2) is 18.3 Å². The summed E-state index contributed by atoms with van der Waals surface area (Å²) in [4.78, 5) is 14.5. The van der Waals surface area contributed by atoms with Crippen molar-refractivity contribution in [3.63, 3.8) is 0 Å². The zero-order valence-corrected chi connectivity index (χ0v) is 11.0. The van der Waals surface area contributed by atoms with Gasteiger partial charge in [0.05, 0.1) is 18.0 Å². The highest BCUT2D eigenvalue weighted by Gasteiger charge is 2.32. The molecule has 0 atom stereocenters. The Kier molecular flexibility index (Phi) is 2.81. The molecule has 0 unspecified atom stereocenters. The van der Waals surface area contributed by atoms with Crippen LogP contribution in [-0.4, -0.2) is 23.2 Å². The number of hydrogen-bond acceptors (Lipinski definition) is 2. The number of methoxy groups -OCH3 is 1. The third kappa shape index (κ3) is 1.74. The highest BCUT2D eigenvalue weighted by molar-refractivity contribution is 5.94. The number of nitrogens with one attached hydrogen (secondary N) is 1. The summed E-state index contributed by atoms with van der Waals surface area (Å²) < 4.78 is 5.32. The van der Waals surface area contributed by atoms with E-state index in [2.05, 4.69) is 4.98 Å². The fourth-order valence-corrected chi connectivity index (χ4v) is 2.13. The van der Waals surface area contributed by atoms with Crippen LogP contribution in [0.2, 0.25) is 0 Å². The Bertz CT molecular complexity index is 611. The first-order chi connectivity index (χ1) is 8.37. The third-order valence-electron chi connectivity index (χ3n) is 3.33. The van der Waals surface area contributed by atoms with Crippen molar-refractivity contribution in [3.8, 4) is 5.75 Å². The molecule has 2 aromatic rings. The predicted molar refractivity (Wildman–Crippen MR) is 70.2 cm³/mol. The fourth-order valence-electron chi connectivity index (χ4n) is 2.13. The van der Waals surface area contributed by atoms with Gasteiger partial charge in [0.15, 0.2) is 0 Å². The van der Waals surface area contributed by atoms with Gasteiger partial charge in [0.25, 0.3) is 0 Å². The van der Waals surface area contributed by atoms with Crippen LogP contribution in [0.25, 0.3) is 10.9 Å². The van der Waals surface area contributed by atoms with Gasteiger partial charge >= 0.3 is 5.97 Å². The molecule has 2 N–H and O–H groups in total. The van der Waals surface area contributed by atoms with Crippen LogP contribution in [0, 0.1) is 6.92 Å². The lowest BCUT2D eigenvalue weighted by atomic mass is 9.84. The second-order valence-corrected chi connectivity index (χ2v) is 5.02. The molecule has 0 spiro atoms. The first-order valence-corrected chi connectivity index (χ1v) is 5.77. The van der Waals surface area contributed by atoms with E-state index in [4.69, 9.17) is 4.74 Å². The highest BCUT2D eigenvalue weighted by Crippen LogP contribution is 2.35. The number of rotatable bonds is 3. The number of benzene rings is 1. The van der Waals surface area contributed by atoms with Crippen LogP contribution < -0.4 is 4.74 Å². The standard InChI is InChI=1S/C14H17NO3/c1-8-5-9-10(14(2,3)13(16)17)7-15-12(9)11(6-8)18-4/h5-7,15H,1-4H3,(H,16,17). The van der Waals surface area contributed by atoms with Crippen LogP contribution in [-0.2, 0) is 10.2 Å². The van der Waals surface area contributed by atoms with Crippen molar-refractivity contribution in [2.75, 3.05) is 7.11 Å². The summed E-state index contributed by atoms with van der Waals surface area (Å²) in [6.07, 6.45) is 1.75. The van der Waals surface area contributed by atoms with Crippen LogP contribution in [0.3, 0.4) is 0 Å². The second kappa shape index (κ2) is 4.05. The van der Waals surface area contributed by atoms with Crippen molar-refractivity contribution < 1.29 is 14.6 Å². The molecule has 0 fully saturated rings. The van der Waals surface area contributed by atoms with Crippen LogP contribution in [0.1, 0.15) is 25.0 Å². The van der Waals surface area contributed by atoms with Gasteiger partial charge in [-0.2, -0.15) is 0 Å². The summed E-state index contributed by atoms with van der Waals surface area (Å²) in [5, 5.41) is 10.2. The van der Waals surface area contributed by atoms with E-state index >= 15 is 0 Å². The molecule has 0 bridgehead atoms. The van der Waals surface area contributed by atoms with Crippen molar-refractivity contribution in [3.05, 3.63) is 29.5 Å². The molecule has 0 amide bonds. The first-order valence-electron chi connectivity index (χ1n) is 5.77. The summed E-state index contributed by atoms with van der Waals surface area (Å²) in [5.74, 6) is -0.110. The number of aliphatic carboxylic acids is 1. The van der Waals surface area contributed by atoms with E-state index in [0.29, 0.717) is 0 Å². The zero-order chi connectivity index (χ0) is 13.5. The quantitative estimate of drug-likeness (QED) is 0.876. The molecule has 4 heteroatoms. The number of fused-ring (bicyclic) bond motifs is 1. The molecule has 0 aliphatic carbocycles. The summed E-state index contributed by atoms with van der Waals surface area (Å²) in [5.41, 5.74) is 1.72. The number of H-pyrrole nitrogens is 1. The second-order valence-electron chi connectivity index (χ2n) is 5.02. The van der Waals surface area contributed by atoms with E-state index in [-0.39, 0.29) is 0 Å². The molecule has 0 aliphatic heterocycles. The molecule has 0 saturated carbocycles. The highest BCUT2D eigenvalue weighted by atomic mass is 16.5. The maximum atomic E-state index is 11.4. The number of aromatic amines is 1. The summed E-state index contributed by atoms with van der Waals surface area (Å²) in [6.45, 7) is 5.37. The van der Waals surface area contributed by atoms with Gasteiger partial charge in [0, 0.05) is 11.6 Å². The molecule has 2 rings (SSSR count). The van der Waals surface area contributed by atoms with Crippen molar-refractivity contribution in [1.82, 2.24) is 4.98 Å². The molecule has 1 heterocycles. The van der Waals surface area contributed by atoms with Crippen LogP contribution in [0.5, 0.6) is 5.75 Å². The minimum absolute atomic E-state index is 0.734. The minimum Gasteiger partial charge on any atom is -0.495 e. The largest absolute Gasteiger partial charge is 0.495 e. The SMILES string of the molecule is COc1cc(C)cc2c(C(C)(C)C(=O)O)c[nH]c12. The lowest BCUT2D eigenvalue weighted by Gasteiger charge is -2.18. The molecule has 4 nitrogen and oxygen atoms in total. The Labute approximate surface area is 106 Å². The lowest BCUT2D eigenvalue weighted by Crippen LogP contribution is -2.28. The van der Waals surface area contributed by atoms with E-state index < -0.39 is 11.4 Å². The predicted octanol–water partition coefficient (Wildman–Crippen LogP) is 2.85. The van der Waals surface area contributed by atoms with Crippen molar-refractivity contribution in [1.29, 1.82) is 0 Å². The molecular formula is C14H17NO3. The zero-order valence-electron chi connectivity index (χ0n) is 11.0. The molecule has 1 aromatic heterocycles. The smallest absolute Gasteiger partial charge is 0.313 e. The third-order valence-corrected chi connectivity index (χ3v) is 3.33. The lowest BCUT2D eigenvalue weighted by molar-refractivity contribution is -0.142. The molecule has 18 heavy (non-hydrogen) atoms. The van der Waals surface area contributed by atoms with E-state index in [9.17, 15) is 9.90 Å². The average Bonchev–Trinajstić information content (AvgIpc) is 2.71. The van der Waals surface area contributed by atoms with Gasteiger partial charge in [-0.25, -0.2) is 0 Å². The average molecular weight is 247 g/mol. The van der Waals surface area contributed by atoms with Gasteiger partial charge in [-0.05, 0) is 44.0 Å². The minimum atomic E-state index is -0.933. The molecule has 0 saturated heterocycles. The summed E-state index contributed by atoms with van der Waals surface area (Å²) in [6, 6.07) is 3.91. The number of hydrogen-bond donors (Lipinski definition) is 2. The van der Waals surface area contributed by atoms with Crippen molar-refractivity contribution in [2.24, 2.45) is 0 Å². The van der Waals surface area contributed by atoms with Gasteiger partial charge in [-0.1, -0.05) is 0 Å². The number of carboxylic acids is 1. The molecule has 1 aromatic carbocycles. The Hall–Kier alpha value is -1.97. The Balaban J connectivity index is 2.76. The Morgan fingerprint density at radius 2 is 2.06 bits per heavy atom. The van der Waals surface area contributed by atoms with Crippen LogP contribution in [0.4, 0.5) is 0 Å². The molecule has 0 radical (unpaired) electrons. The topological polar surface area (TPSA) is 62.3 Å². The monoisotopic (exact) mass is 247 g/mol. The van der Waals surface area contributed by atoms with Gasteiger partial charge in [0.1, 0.15) is 5.75 Å². The number of carboxylic acid groups (broad SMARTS) is 1. The van der Waals surface area contributed by atoms with E-state index in [0.717, 1.165) is 27.8 Å². The van der Waals surface area contributed by atoms with Gasteiger partial charge in [0.2, 0.25) is 0 Å². The van der Waals surface area contributed by atoms with Crippen LogP contribution >= 0.6 is 0 Å². The van der Waals surface area contributed by atoms with Gasteiger partial charge in [-0.15, -0.1) is 0 Å². The van der Waals surface area contributed by atoms with Gasteiger partial charge in [-0.3, -0.25) is 4.79 Å². The van der Waals surface area contributed by atoms with E-state index in [1.54, 1.807) is 27.2 Å². The normalized spacial score (nSPS) is 11.8. The fraction of sp³-hybridized carbons (Fsp3) is 0.357. The maximum absolute atomic E-state index is 11.4. The Morgan fingerprint density at radius 1 is 1.39 bits per heavy atom. The first kappa shape index (κ1) is 12.5.